The van der Waals surface area contributed by atoms with Crippen molar-refractivity contribution in [2.24, 2.45) is 10.7 Å². The second-order valence-corrected chi connectivity index (χ2v) is 4.83. The fraction of sp³-hybridized carbons (Fsp3) is 0.571. The lowest BCUT2D eigenvalue weighted by atomic mass is 10.3. The minimum Gasteiger partial charge on any atom is -0.477 e. The number of aliphatic imine (C=N–C) groups is 1. The Morgan fingerprint density at radius 2 is 2.37 bits per heavy atom. The maximum atomic E-state index is 5.97. The van der Waals surface area contributed by atoms with E-state index in [0.717, 1.165) is 12.0 Å². The second-order valence-electron chi connectivity index (χ2n) is 4.83. The molecule has 0 aliphatic heterocycles. The van der Waals surface area contributed by atoms with Crippen LogP contribution in [0.15, 0.2) is 23.3 Å². The van der Waals surface area contributed by atoms with E-state index in [1.165, 1.54) is 12.8 Å². The molecule has 5 heteroatoms. The van der Waals surface area contributed by atoms with Crippen LogP contribution in [0.2, 0.25) is 0 Å². The average Bonchev–Trinajstić information content (AvgIpc) is 3.27. The summed E-state index contributed by atoms with van der Waals surface area (Å²) in [6, 6.07) is 4.45. The molecule has 0 radical (unpaired) electrons. The van der Waals surface area contributed by atoms with Gasteiger partial charge in [-0.15, -0.1) is 0 Å². The van der Waals surface area contributed by atoms with Gasteiger partial charge in [-0.1, -0.05) is 13.0 Å². The van der Waals surface area contributed by atoms with Crippen molar-refractivity contribution in [1.82, 2.24) is 9.88 Å². The highest BCUT2D eigenvalue weighted by atomic mass is 16.5. The van der Waals surface area contributed by atoms with E-state index >= 15 is 0 Å². The van der Waals surface area contributed by atoms with Crippen LogP contribution < -0.4 is 10.5 Å². The largest absolute Gasteiger partial charge is 0.477 e. The molecule has 1 aliphatic carbocycles. The lowest BCUT2D eigenvalue weighted by Gasteiger charge is -2.17. The van der Waals surface area contributed by atoms with Gasteiger partial charge >= 0.3 is 0 Å². The Bertz CT molecular complexity index is 443. The maximum Gasteiger partial charge on any atom is 0.218 e. The summed E-state index contributed by atoms with van der Waals surface area (Å²) in [5, 5.41) is 0. The third-order valence-corrected chi connectivity index (χ3v) is 3.16. The molecule has 104 valence electrons. The molecule has 5 nitrogen and oxygen atoms in total. The molecule has 2 N–H and O–H groups in total. The zero-order chi connectivity index (χ0) is 13.7. The third kappa shape index (κ3) is 3.84. The van der Waals surface area contributed by atoms with Crippen LogP contribution in [0.4, 0.5) is 0 Å². The van der Waals surface area contributed by atoms with Crippen LogP contribution in [-0.4, -0.2) is 35.5 Å². The molecule has 1 aromatic rings. The Morgan fingerprint density at radius 1 is 1.58 bits per heavy atom. The summed E-state index contributed by atoms with van der Waals surface area (Å²) in [5.74, 6) is 1.25. The third-order valence-electron chi connectivity index (χ3n) is 3.16. The highest BCUT2D eigenvalue weighted by Gasteiger charge is 2.27. The second kappa shape index (κ2) is 6.41. The van der Waals surface area contributed by atoms with E-state index in [0.29, 0.717) is 31.0 Å². The smallest absolute Gasteiger partial charge is 0.218 e. The zero-order valence-corrected chi connectivity index (χ0v) is 11.7. The summed E-state index contributed by atoms with van der Waals surface area (Å²) in [7, 11) is 1.99. The molecule has 1 saturated carbocycles. The van der Waals surface area contributed by atoms with Crippen molar-refractivity contribution < 1.29 is 4.74 Å². The number of rotatable bonds is 6. The molecule has 0 spiro atoms. The summed E-state index contributed by atoms with van der Waals surface area (Å²) >= 11 is 0. The summed E-state index contributed by atoms with van der Waals surface area (Å²) in [5.41, 5.74) is 6.95. The molecule has 0 unspecified atom stereocenters. The number of guanidine groups is 1. The van der Waals surface area contributed by atoms with Gasteiger partial charge in [-0.25, -0.2) is 9.98 Å². The van der Waals surface area contributed by atoms with Crippen LogP contribution in [0.25, 0.3) is 0 Å². The first-order valence-electron chi connectivity index (χ1n) is 6.81. The Kier molecular flexibility index (Phi) is 4.60. The summed E-state index contributed by atoms with van der Waals surface area (Å²) < 4.78 is 5.60. The van der Waals surface area contributed by atoms with Gasteiger partial charge < -0.3 is 15.4 Å². The van der Waals surface area contributed by atoms with Crippen molar-refractivity contribution in [2.75, 3.05) is 13.7 Å². The van der Waals surface area contributed by atoms with E-state index in [1.54, 1.807) is 6.20 Å². The SMILES string of the molecule is CCCOc1ncccc1CN=C(N)N(C)C1CC1. The number of aromatic nitrogens is 1. The Balaban J connectivity index is 1.99. The van der Waals surface area contributed by atoms with Crippen LogP contribution in [0.1, 0.15) is 31.7 Å². The molecule has 0 aromatic carbocycles. The van der Waals surface area contributed by atoms with Gasteiger partial charge in [0.2, 0.25) is 5.88 Å². The molecular weight excluding hydrogens is 240 g/mol. The number of hydrogen-bond donors (Lipinski definition) is 1. The number of nitrogens with two attached hydrogens (primary N) is 1. The number of ether oxygens (including phenoxy) is 1. The van der Waals surface area contributed by atoms with Crippen LogP contribution in [0.3, 0.4) is 0 Å². The molecular formula is C14H22N4O. The van der Waals surface area contributed by atoms with Crippen LogP contribution >= 0.6 is 0 Å². The normalized spacial score (nSPS) is 15.4. The quantitative estimate of drug-likeness (QED) is 0.627. The Morgan fingerprint density at radius 3 is 3.05 bits per heavy atom. The van der Waals surface area contributed by atoms with E-state index < -0.39 is 0 Å². The summed E-state index contributed by atoms with van der Waals surface area (Å²) in [6.45, 7) is 3.25. The Labute approximate surface area is 114 Å². The first kappa shape index (κ1) is 13.6. The molecule has 0 bridgehead atoms. The van der Waals surface area contributed by atoms with Gasteiger partial charge in [0.1, 0.15) is 0 Å². The number of hydrogen-bond acceptors (Lipinski definition) is 3. The molecule has 1 aliphatic rings. The first-order valence-corrected chi connectivity index (χ1v) is 6.81. The highest BCUT2D eigenvalue weighted by molar-refractivity contribution is 5.78. The summed E-state index contributed by atoms with van der Waals surface area (Å²) in [6.07, 6.45) is 5.12. The molecule has 2 rings (SSSR count). The fourth-order valence-corrected chi connectivity index (χ4v) is 1.80. The lowest BCUT2D eigenvalue weighted by molar-refractivity contribution is 0.302. The van der Waals surface area contributed by atoms with E-state index in [9.17, 15) is 0 Å². The molecule has 0 amide bonds. The van der Waals surface area contributed by atoms with E-state index in [-0.39, 0.29) is 0 Å². The van der Waals surface area contributed by atoms with Crippen molar-refractivity contribution in [3.05, 3.63) is 23.9 Å². The predicted octanol–water partition coefficient (Wildman–Crippen LogP) is 1.78. The van der Waals surface area contributed by atoms with E-state index in [4.69, 9.17) is 10.5 Å². The first-order chi connectivity index (χ1) is 9.22. The van der Waals surface area contributed by atoms with Crippen molar-refractivity contribution in [3.63, 3.8) is 0 Å². The minimum atomic E-state index is 0.510. The molecule has 1 aromatic heterocycles. The average molecular weight is 262 g/mol. The maximum absolute atomic E-state index is 5.97. The van der Waals surface area contributed by atoms with Crippen molar-refractivity contribution >= 4 is 5.96 Å². The van der Waals surface area contributed by atoms with Gasteiger partial charge in [-0.2, -0.15) is 0 Å². The van der Waals surface area contributed by atoms with E-state index in [2.05, 4.69) is 16.9 Å². The lowest BCUT2D eigenvalue weighted by Crippen LogP contribution is -2.35. The zero-order valence-electron chi connectivity index (χ0n) is 11.7. The van der Waals surface area contributed by atoms with Gasteiger partial charge in [0.15, 0.2) is 5.96 Å². The summed E-state index contributed by atoms with van der Waals surface area (Å²) in [4.78, 5) is 10.7. The molecule has 0 saturated heterocycles. The van der Waals surface area contributed by atoms with Crippen LogP contribution in [0, 0.1) is 0 Å². The van der Waals surface area contributed by atoms with Gasteiger partial charge in [-0.05, 0) is 25.3 Å². The van der Waals surface area contributed by atoms with Crippen molar-refractivity contribution in [2.45, 2.75) is 38.8 Å². The van der Waals surface area contributed by atoms with Crippen LogP contribution in [-0.2, 0) is 6.54 Å². The van der Waals surface area contributed by atoms with Crippen molar-refractivity contribution in [1.29, 1.82) is 0 Å². The van der Waals surface area contributed by atoms with Gasteiger partial charge in [0.05, 0.1) is 13.2 Å². The van der Waals surface area contributed by atoms with E-state index in [1.807, 2.05) is 24.1 Å². The topological polar surface area (TPSA) is 63.7 Å². The Hall–Kier alpha value is -1.78. The predicted molar refractivity (Wildman–Crippen MR) is 76.1 cm³/mol. The molecule has 0 atom stereocenters. The van der Waals surface area contributed by atoms with Gasteiger partial charge in [0, 0.05) is 24.8 Å². The van der Waals surface area contributed by atoms with Gasteiger partial charge in [0.25, 0.3) is 0 Å². The standard InChI is InChI=1S/C14H22N4O/c1-3-9-19-13-11(5-4-8-16-13)10-17-14(15)18(2)12-6-7-12/h4-5,8,12H,3,6-7,9-10H2,1-2H3,(H2,15,17). The molecule has 19 heavy (non-hydrogen) atoms. The molecule has 1 fully saturated rings. The molecule has 1 heterocycles. The minimum absolute atomic E-state index is 0.510. The van der Waals surface area contributed by atoms with Crippen LogP contribution in [0.5, 0.6) is 5.88 Å². The fourth-order valence-electron chi connectivity index (χ4n) is 1.80. The van der Waals surface area contributed by atoms with Crippen molar-refractivity contribution in [3.8, 4) is 5.88 Å². The monoisotopic (exact) mass is 262 g/mol. The highest BCUT2D eigenvalue weighted by Crippen LogP contribution is 2.25. The van der Waals surface area contributed by atoms with Gasteiger partial charge in [-0.3, -0.25) is 0 Å². The number of nitrogens with zero attached hydrogens (tertiary/aromatic N) is 3. The number of pyridine rings is 1.